The molecule has 9 aromatic rings. The van der Waals surface area contributed by atoms with Crippen LogP contribution in [0.25, 0.3) is 44.3 Å². The molecule has 0 radical (unpaired) electrons. The Morgan fingerprint density at radius 1 is 0.593 bits per heavy atom. The second-order valence-electron chi connectivity index (χ2n) is 13.6. The molecule has 6 aromatic carbocycles. The van der Waals surface area contributed by atoms with Gasteiger partial charge in [-0.05, 0) is 66.1 Å². The maximum Gasteiger partial charge on any atom is 0.135 e. The predicted octanol–water partition coefficient (Wildman–Crippen LogP) is 12.0. The first-order valence-corrected chi connectivity index (χ1v) is 17.9. The maximum absolute atomic E-state index is 6.61. The molecule has 0 fully saturated rings. The molecule has 4 heterocycles. The van der Waals surface area contributed by atoms with Gasteiger partial charge in [-0.25, -0.2) is 4.98 Å². The Morgan fingerprint density at radius 3 is 2.04 bits per heavy atom. The van der Waals surface area contributed by atoms with E-state index < -0.39 is 0 Å². The zero-order chi connectivity index (χ0) is 35.5. The van der Waals surface area contributed by atoms with Gasteiger partial charge < -0.3 is 23.7 Å². The van der Waals surface area contributed by atoms with Crippen LogP contribution in [0.2, 0.25) is 0 Å². The van der Waals surface area contributed by atoms with Gasteiger partial charge in [0.15, 0.2) is 0 Å². The number of hydrogen-bond acceptors (Lipinski definition) is 4. The first-order chi connectivity index (χ1) is 26.1. The number of anilines is 4. The van der Waals surface area contributed by atoms with Gasteiger partial charge in [-0.3, -0.25) is 0 Å². The monoisotopic (exact) mass is 790 g/mol. The Balaban J connectivity index is 0.00000384. The van der Waals surface area contributed by atoms with Crippen molar-refractivity contribution >= 4 is 55.6 Å². The van der Waals surface area contributed by atoms with Crippen LogP contribution in [0.5, 0.6) is 11.5 Å². The second-order valence-corrected chi connectivity index (χ2v) is 13.6. The topological polar surface area (TPSA) is 38.5 Å². The van der Waals surface area contributed by atoms with E-state index in [1.807, 2.05) is 30.5 Å². The zero-order valence-electron chi connectivity index (χ0n) is 29.6. The normalized spacial score (nSPS) is 12.5. The van der Waals surface area contributed by atoms with Crippen LogP contribution >= 0.6 is 0 Å². The van der Waals surface area contributed by atoms with Gasteiger partial charge in [0.1, 0.15) is 5.82 Å². The molecule has 54 heavy (non-hydrogen) atoms. The fourth-order valence-electron chi connectivity index (χ4n) is 7.54. The van der Waals surface area contributed by atoms with Gasteiger partial charge in [0, 0.05) is 71.8 Å². The Morgan fingerprint density at radius 2 is 1.26 bits per heavy atom. The van der Waals surface area contributed by atoms with E-state index in [-0.39, 0.29) is 20.4 Å². The molecule has 1 aliphatic heterocycles. The third-order valence-corrected chi connectivity index (χ3v) is 10.0. The number of pyridine rings is 1. The molecule has 0 N–H and O–H groups in total. The van der Waals surface area contributed by atoms with Crippen LogP contribution < -0.4 is 14.5 Å². The molecular formula is C47H34N5OPd-3. The van der Waals surface area contributed by atoms with Gasteiger partial charge in [-0.2, -0.15) is 12.1 Å². The van der Waals surface area contributed by atoms with Crippen molar-refractivity contribution in [1.82, 2.24) is 14.1 Å². The maximum atomic E-state index is 6.61. The van der Waals surface area contributed by atoms with E-state index in [0.29, 0.717) is 17.4 Å². The number of fused-ring (bicyclic) bond motifs is 6. The smallest absolute Gasteiger partial charge is 0.135 e. The summed E-state index contributed by atoms with van der Waals surface area (Å²) >= 11 is 0. The van der Waals surface area contributed by atoms with Gasteiger partial charge in [-0.15, -0.1) is 42.7 Å². The molecule has 1 aliphatic rings. The molecule has 0 bridgehead atoms. The molecule has 0 saturated carbocycles. The van der Waals surface area contributed by atoms with Crippen LogP contribution in [0.4, 0.5) is 22.7 Å². The number of benzene rings is 6. The number of ether oxygens (including phenoxy) is 1. The van der Waals surface area contributed by atoms with E-state index in [9.17, 15) is 0 Å². The molecular weight excluding hydrogens is 757 g/mol. The first-order valence-electron chi connectivity index (χ1n) is 17.9. The predicted molar refractivity (Wildman–Crippen MR) is 215 cm³/mol. The van der Waals surface area contributed by atoms with Crippen LogP contribution in [0.3, 0.4) is 0 Å². The number of hydrogen-bond donors (Lipinski definition) is 0. The Labute approximate surface area is 328 Å². The number of rotatable bonds is 7. The van der Waals surface area contributed by atoms with Crippen molar-refractivity contribution in [2.75, 3.05) is 9.80 Å². The summed E-state index contributed by atoms with van der Waals surface area (Å²) in [4.78, 5) is 9.30. The summed E-state index contributed by atoms with van der Waals surface area (Å²) in [7, 11) is 0. The van der Waals surface area contributed by atoms with E-state index in [4.69, 9.17) is 9.72 Å². The van der Waals surface area contributed by atoms with Gasteiger partial charge in [0.25, 0.3) is 0 Å². The number of nitrogens with zero attached hydrogens (tertiary/aromatic N) is 5. The standard InChI is InChI=1S/C47H34N5O.Pd/c1-32(2)33-26-27-48-45(28-33)52-44-30-38(24-25-40(44)46-47(52)39-20-9-10-21-41(39)51(46)35-16-7-4-8-17-35)53-37-19-13-18-36(29-37)50-31-49(34-14-5-3-6-15-34)42-22-11-12-23-43(42)50;/h3-28,31-32H,1-2H3;/q-3;. The summed E-state index contributed by atoms with van der Waals surface area (Å²) in [5.74, 6) is 2.40. The molecule has 6 nitrogen and oxygen atoms in total. The summed E-state index contributed by atoms with van der Waals surface area (Å²) in [6.07, 6.45) is 1.91. The van der Waals surface area contributed by atoms with Crippen molar-refractivity contribution in [3.8, 4) is 23.0 Å². The SMILES string of the molecule is CC(C)c1ccnc(-n2c3[c-]c(Oc4[c-]c(N5[CH-]N(c6ccccc6)c6ccccc65)ccc4)ccc3c3c2c2ccccc2n3-c2ccccc2)c1.[Pd]. The van der Waals surface area contributed by atoms with Crippen molar-refractivity contribution in [2.45, 2.75) is 19.8 Å². The van der Waals surface area contributed by atoms with E-state index in [2.05, 4.69) is 179 Å². The van der Waals surface area contributed by atoms with Crippen LogP contribution in [-0.4, -0.2) is 14.1 Å². The van der Waals surface area contributed by atoms with Crippen LogP contribution in [0.1, 0.15) is 25.3 Å². The largest absolute Gasteiger partial charge is 0.509 e. The quantitative estimate of drug-likeness (QED) is 0.119. The van der Waals surface area contributed by atoms with Crippen LogP contribution in [-0.2, 0) is 20.4 Å². The molecule has 0 unspecified atom stereocenters. The minimum absolute atomic E-state index is 0. The van der Waals surface area contributed by atoms with Crippen LogP contribution in [0.15, 0.2) is 158 Å². The van der Waals surface area contributed by atoms with Crippen molar-refractivity contribution < 1.29 is 25.2 Å². The summed E-state index contributed by atoms with van der Waals surface area (Å²) in [6.45, 7) is 6.53. The molecule has 10 rings (SSSR count). The van der Waals surface area contributed by atoms with E-state index >= 15 is 0 Å². The minimum Gasteiger partial charge on any atom is -0.509 e. The minimum atomic E-state index is 0. The summed E-state index contributed by atoms with van der Waals surface area (Å²) in [5.41, 5.74) is 10.7. The molecule has 0 saturated heterocycles. The fraction of sp³-hybridized carbons (Fsp3) is 0.0638. The van der Waals surface area contributed by atoms with Crippen molar-refractivity contribution in [3.05, 3.63) is 182 Å². The second kappa shape index (κ2) is 13.7. The fourth-order valence-corrected chi connectivity index (χ4v) is 7.54. The van der Waals surface area contributed by atoms with Crippen LogP contribution in [0, 0.1) is 18.8 Å². The zero-order valence-corrected chi connectivity index (χ0v) is 31.2. The van der Waals surface area contributed by atoms with Crippen molar-refractivity contribution in [3.63, 3.8) is 0 Å². The Bertz CT molecular complexity index is 2790. The first kappa shape index (κ1) is 33.7. The van der Waals surface area contributed by atoms with Gasteiger partial charge in [-0.1, -0.05) is 91.5 Å². The van der Waals surface area contributed by atoms with Gasteiger partial charge in [0.05, 0.1) is 11.0 Å². The third kappa shape index (κ3) is 5.56. The summed E-state index contributed by atoms with van der Waals surface area (Å²) in [5, 5.41) is 2.20. The van der Waals surface area contributed by atoms with E-state index in [0.717, 1.165) is 67.1 Å². The molecule has 3 aromatic heterocycles. The molecule has 0 atom stereocenters. The number of para-hydroxylation sites is 5. The Hall–Kier alpha value is -6.13. The van der Waals surface area contributed by atoms with Gasteiger partial charge >= 0.3 is 0 Å². The number of aromatic nitrogens is 3. The van der Waals surface area contributed by atoms with Crippen molar-refractivity contribution in [1.29, 1.82) is 0 Å². The van der Waals surface area contributed by atoms with Crippen molar-refractivity contribution in [2.24, 2.45) is 0 Å². The Kier molecular flexibility index (Phi) is 8.54. The molecule has 266 valence electrons. The van der Waals surface area contributed by atoms with E-state index in [1.165, 1.54) is 5.56 Å². The van der Waals surface area contributed by atoms with E-state index in [1.54, 1.807) is 0 Å². The molecule has 7 heteroatoms. The summed E-state index contributed by atoms with van der Waals surface area (Å²) < 4.78 is 11.2. The average Bonchev–Trinajstić information content (AvgIpc) is 3.86. The van der Waals surface area contributed by atoms with Gasteiger partial charge in [0.2, 0.25) is 0 Å². The summed E-state index contributed by atoms with van der Waals surface area (Å²) in [6, 6.07) is 59.6. The third-order valence-electron chi connectivity index (χ3n) is 10.0. The average molecular weight is 791 g/mol. The molecule has 0 spiro atoms. The molecule has 0 amide bonds. The molecule has 0 aliphatic carbocycles.